The minimum absolute atomic E-state index is 0.119. The number of halogens is 1. The monoisotopic (exact) mass is 417 g/mol. The molecule has 0 heterocycles. The molecule has 28 heavy (non-hydrogen) atoms. The summed E-state index contributed by atoms with van der Waals surface area (Å²) in [6.45, 7) is 0. The molecule has 1 atom stereocenters. The van der Waals surface area contributed by atoms with Crippen molar-refractivity contribution in [3.05, 3.63) is 77.3 Å². The molecule has 0 saturated carbocycles. The largest absolute Gasteiger partial charge is 0.481 e. The molecule has 3 aromatic rings. The van der Waals surface area contributed by atoms with Crippen molar-refractivity contribution in [3.8, 4) is 0 Å². The Morgan fingerprint density at radius 3 is 2.36 bits per heavy atom. The van der Waals surface area contributed by atoms with E-state index in [1.54, 1.807) is 36.4 Å². The molecule has 6 nitrogen and oxygen atoms in total. The minimum Gasteiger partial charge on any atom is -0.481 e. The Morgan fingerprint density at radius 2 is 1.68 bits per heavy atom. The second-order valence-corrected chi connectivity index (χ2v) is 8.32. The number of nitrogens with one attached hydrogen (secondary N) is 1. The second kappa shape index (κ2) is 8.00. The second-order valence-electron chi connectivity index (χ2n) is 6.20. The molecule has 0 aliphatic carbocycles. The zero-order chi connectivity index (χ0) is 20.3. The average molecular weight is 418 g/mol. The summed E-state index contributed by atoms with van der Waals surface area (Å²) in [5.41, 5.74) is 0.512. The molecule has 8 heteroatoms. The molecule has 0 saturated heterocycles. The number of fused-ring (bicyclic) bond motifs is 1. The number of carbonyl (C=O) groups is 2. The molecule has 144 valence electrons. The first-order valence-electron chi connectivity index (χ1n) is 8.29. The van der Waals surface area contributed by atoms with Gasteiger partial charge in [-0.2, -0.15) is 0 Å². The van der Waals surface area contributed by atoms with Crippen LogP contribution in [-0.2, 0) is 26.0 Å². The van der Waals surface area contributed by atoms with E-state index in [2.05, 4.69) is 0 Å². The third-order valence-electron chi connectivity index (χ3n) is 4.21. The van der Waals surface area contributed by atoms with Crippen molar-refractivity contribution in [1.29, 1.82) is 0 Å². The number of hydrogen-bond acceptors (Lipinski definition) is 4. The molecular weight excluding hydrogens is 402 g/mol. The molecule has 1 unspecified atom stereocenters. The van der Waals surface area contributed by atoms with Crippen LogP contribution in [0.4, 0.5) is 0 Å². The lowest BCUT2D eigenvalue weighted by Crippen LogP contribution is -2.40. The van der Waals surface area contributed by atoms with Crippen molar-refractivity contribution in [2.45, 2.75) is 11.3 Å². The molecular formula is C20H16ClNO5S. The fourth-order valence-electron chi connectivity index (χ4n) is 2.79. The van der Waals surface area contributed by atoms with Crippen LogP contribution in [0.25, 0.3) is 10.8 Å². The summed E-state index contributed by atoms with van der Waals surface area (Å²) >= 11 is 5.88. The van der Waals surface area contributed by atoms with Gasteiger partial charge in [-0.3, -0.25) is 9.59 Å². The first-order chi connectivity index (χ1) is 13.3. The van der Waals surface area contributed by atoms with Crippen molar-refractivity contribution in [1.82, 2.24) is 4.72 Å². The number of carboxylic acids is 1. The van der Waals surface area contributed by atoms with E-state index in [0.29, 0.717) is 16.0 Å². The molecule has 0 spiro atoms. The minimum atomic E-state index is -4.22. The van der Waals surface area contributed by atoms with Crippen molar-refractivity contribution >= 4 is 44.3 Å². The molecule has 3 rings (SSSR count). The SMILES string of the molecule is O=C(O)C(Cc1cccc(Cl)c1)C(=O)NS(=O)(=O)c1ccc2ccccc2c1. The van der Waals surface area contributed by atoms with Crippen LogP contribution in [0.5, 0.6) is 0 Å². The van der Waals surface area contributed by atoms with Crippen LogP contribution < -0.4 is 4.72 Å². The summed E-state index contributed by atoms with van der Waals surface area (Å²) in [5.74, 6) is -4.11. The van der Waals surface area contributed by atoms with Crippen LogP contribution in [0.2, 0.25) is 5.02 Å². The van der Waals surface area contributed by atoms with Gasteiger partial charge in [0, 0.05) is 5.02 Å². The summed E-state index contributed by atoms with van der Waals surface area (Å²) in [4.78, 5) is 23.8. The van der Waals surface area contributed by atoms with Gasteiger partial charge in [-0.05, 0) is 47.0 Å². The lowest BCUT2D eigenvalue weighted by atomic mass is 9.99. The molecule has 0 aromatic heterocycles. The van der Waals surface area contributed by atoms with Crippen LogP contribution in [0.15, 0.2) is 71.6 Å². The summed E-state index contributed by atoms with van der Waals surface area (Å²) in [7, 11) is -4.22. The quantitative estimate of drug-likeness (QED) is 0.599. The molecule has 0 aliphatic heterocycles. The molecule has 0 radical (unpaired) electrons. The number of aliphatic carboxylic acids is 1. The van der Waals surface area contributed by atoms with Crippen LogP contribution in [0.1, 0.15) is 5.56 Å². The van der Waals surface area contributed by atoms with E-state index < -0.39 is 27.8 Å². The van der Waals surface area contributed by atoms with Gasteiger partial charge in [-0.25, -0.2) is 13.1 Å². The van der Waals surface area contributed by atoms with Gasteiger partial charge < -0.3 is 5.11 Å². The number of carboxylic acid groups (broad SMARTS) is 1. The Balaban J connectivity index is 1.84. The Labute approximate surface area is 166 Å². The molecule has 0 fully saturated rings. The highest BCUT2D eigenvalue weighted by Crippen LogP contribution is 2.20. The summed E-state index contributed by atoms with van der Waals surface area (Å²) < 4.78 is 27.0. The van der Waals surface area contributed by atoms with Gasteiger partial charge in [0.05, 0.1) is 4.90 Å². The predicted molar refractivity (Wildman–Crippen MR) is 106 cm³/mol. The topological polar surface area (TPSA) is 101 Å². The lowest BCUT2D eigenvalue weighted by molar-refractivity contribution is -0.146. The van der Waals surface area contributed by atoms with Crippen LogP contribution >= 0.6 is 11.6 Å². The third kappa shape index (κ3) is 4.49. The Bertz CT molecular complexity index is 1160. The maximum atomic E-state index is 12.6. The number of hydrogen-bond donors (Lipinski definition) is 2. The van der Waals surface area contributed by atoms with Crippen LogP contribution in [0.3, 0.4) is 0 Å². The number of amides is 1. The summed E-state index contributed by atoms with van der Waals surface area (Å²) in [6.07, 6.45) is -0.186. The first-order valence-corrected chi connectivity index (χ1v) is 10.1. The van der Waals surface area contributed by atoms with E-state index in [1.165, 1.54) is 18.2 Å². The fraction of sp³-hybridized carbons (Fsp3) is 0.100. The summed E-state index contributed by atoms with van der Waals surface area (Å²) in [5, 5.41) is 11.3. The zero-order valence-corrected chi connectivity index (χ0v) is 16.1. The zero-order valence-electron chi connectivity index (χ0n) is 14.5. The summed E-state index contributed by atoms with van der Waals surface area (Å²) in [6, 6.07) is 18.0. The van der Waals surface area contributed by atoms with Gasteiger partial charge in [0.25, 0.3) is 10.0 Å². The van der Waals surface area contributed by atoms with Gasteiger partial charge in [0.1, 0.15) is 5.92 Å². The highest BCUT2D eigenvalue weighted by molar-refractivity contribution is 7.90. The van der Waals surface area contributed by atoms with Crippen molar-refractivity contribution in [2.24, 2.45) is 5.92 Å². The fourth-order valence-corrected chi connectivity index (χ4v) is 4.06. The van der Waals surface area contributed by atoms with E-state index in [9.17, 15) is 23.1 Å². The maximum absolute atomic E-state index is 12.6. The van der Waals surface area contributed by atoms with E-state index in [0.717, 1.165) is 5.39 Å². The first kappa shape index (κ1) is 19.9. The number of carbonyl (C=O) groups excluding carboxylic acids is 1. The van der Waals surface area contributed by atoms with Gasteiger partial charge in [0.2, 0.25) is 5.91 Å². The molecule has 0 aliphatic rings. The van der Waals surface area contributed by atoms with Gasteiger partial charge >= 0.3 is 5.97 Å². The van der Waals surface area contributed by atoms with Gasteiger partial charge in [0.15, 0.2) is 0 Å². The van der Waals surface area contributed by atoms with E-state index in [4.69, 9.17) is 11.6 Å². The maximum Gasteiger partial charge on any atom is 0.316 e. The molecule has 3 aromatic carbocycles. The highest BCUT2D eigenvalue weighted by Gasteiger charge is 2.30. The Kier molecular flexibility index (Phi) is 5.67. The van der Waals surface area contributed by atoms with E-state index in [-0.39, 0.29) is 11.3 Å². The molecule has 2 N–H and O–H groups in total. The van der Waals surface area contributed by atoms with Crippen LogP contribution in [0, 0.1) is 5.92 Å². The predicted octanol–water partition coefficient (Wildman–Crippen LogP) is 3.24. The van der Waals surface area contributed by atoms with Gasteiger partial charge in [-0.1, -0.05) is 54.1 Å². The number of rotatable bonds is 6. The standard InChI is InChI=1S/C20H16ClNO5S/c21-16-7-3-4-13(10-16)11-18(20(24)25)19(23)22-28(26,27)17-9-8-14-5-1-2-6-15(14)12-17/h1-10,12,18H,11H2,(H,22,23)(H,24,25). The lowest BCUT2D eigenvalue weighted by Gasteiger charge is -2.14. The smallest absolute Gasteiger partial charge is 0.316 e. The average Bonchev–Trinajstić information content (AvgIpc) is 2.65. The Morgan fingerprint density at radius 1 is 0.964 bits per heavy atom. The van der Waals surface area contributed by atoms with Crippen LogP contribution in [-0.4, -0.2) is 25.4 Å². The molecule has 0 bridgehead atoms. The van der Waals surface area contributed by atoms with Crippen molar-refractivity contribution in [2.75, 3.05) is 0 Å². The van der Waals surface area contributed by atoms with E-state index >= 15 is 0 Å². The molecule has 1 amide bonds. The van der Waals surface area contributed by atoms with E-state index in [1.807, 2.05) is 16.9 Å². The Hall–Kier alpha value is -2.90. The normalized spacial score (nSPS) is 12.5. The van der Waals surface area contributed by atoms with Gasteiger partial charge in [-0.15, -0.1) is 0 Å². The number of benzene rings is 3. The van der Waals surface area contributed by atoms with Crippen molar-refractivity contribution in [3.63, 3.8) is 0 Å². The third-order valence-corrected chi connectivity index (χ3v) is 5.79. The number of sulfonamides is 1. The highest BCUT2D eigenvalue weighted by atomic mass is 35.5. The van der Waals surface area contributed by atoms with Crippen molar-refractivity contribution < 1.29 is 23.1 Å².